The van der Waals surface area contributed by atoms with E-state index >= 15 is 0 Å². The second-order valence-electron chi connectivity index (χ2n) is 6.78. The third kappa shape index (κ3) is 4.50. The first-order valence-corrected chi connectivity index (χ1v) is 10.3. The molecule has 150 valence electrons. The van der Waals surface area contributed by atoms with Gasteiger partial charge in [0.1, 0.15) is 5.76 Å². The Morgan fingerprint density at radius 1 is 1.14 bits per heavy atom. The van der Waals surface area contributed by atoms with Crippen molar-refractivity contribution < 1.29 is 27.6 Å². The molecule has 3 N–H and O–H groups in total. The van der Waals surface area contributed by atoms with Crippen LogP contribution in [0, 0.1) is 18.8 Å². The molecule has 2 atom stereocenters. The van der Waals surface area contributed by atoms with Gasteiger partial charge in [-0.2, -0.15) is 0 Å². The number of benzene rings is 1. The first-order chi connectivity index (χ1) is 13.3. The fourth-order valence-electron chi connectivity index (χ4n) is 3.30. The van der Waals surface area contributed by atoms with Crippen LogP contribution in [0.25, 0.3) is 0 Å². The highest BCUT2D eigenvalue weighted by Gasteiger charge is 2.35. The highest BCUT2D eigenvalue weighted by molar-refractivity contribution is 7.92. The number of sulfonamides is 1. The third-order valence-corrected chi connectivity index (χ3v) is 6.09. The van der Waals surface area contributed by atoms with Gasteiger partial charge in [0, 0.05) is 11.8 Å². The lowest BCUT2D eigenvalue weighted by Crippen LogP contribution is -2.36. The molecule has 9 nitrogen and oxygen atoms in total. The number of aromatic nitrogens is 1. The number of hydrogen-bond acceptors (Lipinski definition) is 6. The van der Waals surface area contributed by atoms with E-state index in [-0.39, 0.29) is 16.6 Å². The quantitative estimate of drug-likeness (QED) is 0.669. The van der Waals surface area contributed by atoms with E-state index < -0.39 is 27.8 Å². The molecule has 0 spiro atoms. The number of rotatable bonds is 6. The van der Waals surface area contributed by atoms with Crippen molar-refractivity contribution in [3.8, 4) is 0 Å². The summed E-state index contributed by atoms with van der Waals surface area (Å²) in [7, 11) is -3.85. The second kappa shape index (κ2) is 8.01. The van der Waals surface area contributed by atoms with E-state index in [2.05, 4.69) is 15.2 Å². The summed E-state index contributed by atoms with van der Waals surface area (Å²) in [5, 5.41) is 15.6. The first kappa shape index (κ1) is 19.9. The summed E-state index contributed by atoms with van der Waals surface area (Å²) in [5.41, 5.74) is 0.399. The van der Waals surface area contributed by atoms with Crippen LogP contribution in [0.2, 0.25) is 0 Å². The molecule has 0 radical (unpaired) electrons. The molecule has 1 aromatic carbocycles. The molecule has 1 heterocycles. The number of carboxylic acid groups (broad SMARTS) is 1. The molecule has 1 saturated carbocycles. The summed E-state index contributed by atoms with van der Waals surface area (Å²) in [6.07, 6.45) is 2.62. The van der Waals surface area contributed by atoms with E-state index in [1.807, 2.05) is 0 Å². The van der Waals surface area contributed by atoms with Crippen molar-refractivity contribution in [2.45, 2.75) is 37.5 Å². The number of anilines is 2. The van der Waals surface area contributed by atoms with Crippen LogP contribution in [-0.2, 0) is 19.6 Å². The average molecular weight is 407 g/mol. The van der Waals surface area contributed by atoms with Crippen molar-refractivity contribution >= 4 is 33.4 Å². The van der Waals surface area contributed by atoms with Crippen LogP contribution in [-0.4, -0.2) is 30.6 Å². The SMILES string of the molecule is Cc1cc(NS(=O)(=O)c2ccc(NC(=O)[C@H]3CCCC[C@H]3C(=O)O)cc2)no1. The van der Waals surface area contributed by atoms with Crippen molar-refractivity contribution in [3.63, 3.8) is 0 Å². The Balaban J connectivity index is 1.68. The summed E-state index contributed by atoms with van der Waals surface area (Å²) >= 11 is 0. The van der Waals surface area contributed by atoms with Gasteiger partial charge < -0.3 is 14.9 Å². The van der Waals surface area contributed by atoms with Crippen molar-refractivity contribution in [1.82, 2.24) is 5.16 Å². The Bertz CT molecular complexity index is 967. The number of hydrogen-bond donors (Lipinski definition) is 3. The Hall–Kier alpha value is -2.88. The monoisotopic (exact) mass is 407 g/mol. The minimum atomic E-state index is -3.85. The van der Waals surface area contributed by atoms with E-state index in [0.717, 1.165) is 12.8 Å². The number of carbonyl (C=O) groups is 2. The van der Waals surface area contributed by atoms with Crippen LogP contribution in [0.4, 0.5) is 11.5 Å². The number of aliphatic carboxylic acids is 1. The van der Waals surface area contributed by atoms with Gasteiger partial charge in [0.15, 0.2) is 5.82 Å². The van der Waals surface area contributed by atoms with Gasteiger partial charge in [0.25, 0.3) is 10.0 Å². The molecule has 1 fully saturated rings. The minimum Gasteiger partial charge on any atom is -0.481 e. The highest BCUT2D eigenvalue weighted by Crippen LogP contribution is 2.31. The fourth-order valence-corrected chi connectivity index (χ4v) is 4.29. The van der Waals surface area contributed by atoms with Gasteiger partial charge >= 0.3 is 5.97 Å². The molecular weight excluding hydrogens is 386 g/mol. The fraction of sp³-hybridized carbons (Fsp3) is 0.389. The molecule has 1 amide bonds. The smallest absolute Gasteiger partial charge is 0.307 e. The van der Waals surface area contributed by atoms with E-state index in [9.17, 15) is 23.1 Å². The van der Waals surface area contributed by atoms with Crippen LogP contribution in [0.3, 0.4) is 0 Å². The van der Waals surface area contributed by atoms with Crippen LogP contribution in [0.15, 0.2) is 39.8 Å². The summed E-state index contributed by atoms with van der Waals surface area (Å²) in [6.45, 7) is 1.64. The Kier molecular flexibility index (Phi) is 5.68. The van der Waals surface area contributed by atoms with Crippen molar-refractivity contribution in [3.05, 3.63) is 36.1 Å². The third-order valence-electron chi connectivity index (χ3n) is 4.72. The molecule has 0 unspecified atom stereocenters. The Labute approximate surface area is 162 Å². The van der Waals surface area contributed by atoms with Crippen LogP contribution >= 0.6 is 0 Å². The van der Waals surface area contributed by atoms with E-state index in [1.165, 1.54) is 30.3 Å². The molecule has 2 aromatic rings. The normalized spacial score (nSPS) is 19.8. The standard InChI is InChI=1S/C18H21N3O6S/c1-11-10-16(20-27-11)21-28(25,26)13-8-6-12(7-9-13)19-17(22)14-4-2-3-5-15(14)18(23)24/h6-10,14-15H,2-5H2,1H3,(H,19,22)(H,20,21)(H,23,24)/t14-,15+/m0/s1. The Morgan fingerprint density at radius 3 is 2.36 bits per heavy atom. The van der Waals surface area contributed by atoms with Crippen LogP contribution in [0.1, 0.15) is 31.4 Å². The molecule has 1 aliphatic carbocycles. The lowest BCUT2D eigenvalue weighted by molar-refractivity contribution is -0.147. The maximum atomic E-state index is 12.5. The van der Waals surface area contributed by atoms with Gasteiger partial charge in [0.2, 0.25) is 5.91 Å². The number of amides is 1. The number of aryl methyl sites for hydroxylation is 1. The summed E-state index contributed by atoms with van der Waals surface area (Å²) in [4.78, 5) is 23.8. The van der Waals surface area contributed by atoms with Gasteiger partial charge in [-0.3, -0.25) is 14.3 Å². The molecule has 0 aliphatic heterocycles. The second-order valence-corrected chi connectivity index (χ2v) is 8.46. The predicted molar refractivity (Wildman–Crippen MR) is 100 cm³/mol. The molecule has 1 aromatic heterocycles. The molecular formula is C18H21N3O6S. The minimum absolute atomic E-state index is 0.00719. The topological polar surface area (TPSA) is 139 Å². The van der Waals surface area contributed by atoms with Gasteiger partial charge in [-0.25, -0.2) is 8.42 Å². The molecule has 28 heavy (non-hydrogen) atoms. The van der Waals surface area contributed by atoms with Gasteiger partial charge in [0.05, 0.1) is 16.7 Å². The molecule has 10 heteroatoms. The van der Waals surface area contributed by atoms with Crippen LogP contribution in [0.5, 0.6) is 0 Å². The number of carboxylic acids is 1. The van der Waals surface area contributed by atoms with Crippen LogP contribution < -0.4 is 10.0 Å². The lowest BCUT2D eigenvalue weighted by atomic mass is 9.78. The van der Waals surface area contributed by atoms with Crippen molar-refractivity contribution in [2.75, 3.05) is 10.0 Å². The first-order valence-electron chi connectivity index (χ1n) is 8.86. The lowest BCUT2D eigenvalue weighted by Gasteiger charge is -2.27. The number of nitrogens with one attached hydrogen (secondary N) is 2. The number of nitrogens with zero attached hydrogens (tertiary/aromatic N) is 1. The maximum Gasteiger partial charge on any atom is 0.307 e. The summed E-state index contributed by atoms with van der Waals surface area (Å²) in [5.74, 6) is -2.06. The molecule has 0 saturated heterocycles. The van der Waals surface area contributed by atoms with Gasteiger partial charge in [-0.1, -0.05) is 18.0 Å². The highest BCUT2D eigenvalue weighted by atomic mass is 32.2. The molecule has 1 aliphatic rings. The van der Waals surface area contributed by atoms with E-state index in [0.29, 0.717) is 24.3 Å². The van der Waals surface area contributed by atoms with E-state index in [4.69, 9.17) is 4.52 Å². The zero-order valence-corrected chi connectivity index (χ0v) is 16.0. The van der Waals surface area contributed by atoms with Crippen molar-refractivity contribution in [1.29, 1.82) is 0 Å². The summed E-state index contributed by atoms with van der Waals surface area (Å²) in [6, 6.07) is 7.06. The maximum absolute atomic E-state index is 12.5. The predicted octanol–water partition coefficient (Wildman–Crippen LogP) is 2.61. The Morgan fingerprint density at radius 2 is 1.79 bits per heavy atom. The summed E-state index contributed by atoms with van der Waals surface area (Å²) < 4.78 is 31.9. The van der Waals surface area contributed by atoms with E-state index in [1.54, 1.807) is 6.92 Å². The molecule has 0 bridgehead atoms. The largest absolute Gasteiger partial charge is 0.481 e. The van der Waals surface area contributed by atoms with Gasteiger partial charge in [-0.15, -0.1) is 0 Å². The number of carbonyl (C=O) groups excluding carboxylic acids is 1. The average Bonchev–Trinajstić information content (AvgIpc) is 3.06. The van der Waals surface area contributed by atoms with Gasteiger partial charge in [-0.05, 0) is 44.0 Å². The zero-order chi connectivity index (χ0) is 20.3. The zero-order valence-electron chi connectivity index (χ0n) is 15.2. The van der Waals surface area contributed by atoms with Crippen molar-refractivity contribution in [2.24, 2.45) is 11.8 Å². The molecule has 3 rings (SSSR count).